The molecule has 0 aliphatic carbocycles. The summed E-state index contributed by atoms with van der Waals surface area (Å²) < 4.78 is 5.01. The summed E-state index contributed by atoms with van der Waals surface area (Å²) in [6.45, 7) is 13.7. The topological polar surface area (TPSA) is 26.3 Å². The highest BCUT2D eigenvalue weighted by Gasteiger charge is 2.29. The van der Waals surface area contributed by atoms with Gasteiger partial charge in [0.15, 0.2) is 0 Å². The summed E-state index contributed by atoms with van der Waals surface area (Å²) in [5.41, 5.74) is 0.613. The van der Waals surface area contributed by atoms with E-state index in [0.717, 1.165) is 18.4 Å². The molecule has 0 fully saturated rings. The number of rotatable bonds is 7. The van der Waals surface area contributed by atoms with E-state index in [1.807, 2.05) is 26.8 Å². The van der Waals surface area contributed by atoms with Crippen LogP contribution in [0.5, 0.6) is 0 Å². The third kappa shape index (κ3) is 5.40. The second-order valence-corrected chi connectivity index (χ2v) is 4.36. The third-order valence-corrected chi connectivity index (χ3v) is 2.22. The first-order valence-electron chi connectivity index (χ1n) is 5.38. The number of hydrogen-bond donors (Lipinski definition) is 0. The Balaban J connectivity index is 4.17. The molecule has 0 aromatic heterocycles. The summed E-state index contributed by atoms with van der Waals surface area (Å²) in [7, 11) is 0. The van der Waals surface area contributed by atoms with E-state index < -0.39 is 5.41 Å². The van der Waals surface area contributed by atoms with Gasteiger partial charge in [0, 0.05) is 0 Å². The minimum absolute atomic E-state index is 0.148. The van der Waals surface area contributed by atoms with Gasteiger partial charge in [-0.15, -0.1) is 6.58 Å². The van der Waals surface area contributed by atoms with Crippen LogP contribution in [0.4, 0.5) is 0 Å². The third-order valence-electron chi connectivity index (χ3n) is 2.22. The zero-order valence-corrected chi connectivity index (χ0v) is 10.1. The van der Waals surface area contributed by atoms with Gasteiger partial charge in [0.05, 0.1) is 12.0 Å². The molecule has 0 rings (SSSR count). The SMILES string of the molecule is C=CCCC(=C)CC(C)(C)C(=O)OCC. The molecular formula is C13H22O2. The fourth-order valence-corrected chi connectivity index (χ4v) is 1.42. The van der Waals surface area contributed by atoms with Crippen molar-refractivity contribution in [2.75, 3.05) is 6.61 Å². The van der Waals surface area contributed by atoms with Crippen LogP contribution in [0.3, 0.4) is 0 Å². The Kier molecular flexibility index (Phi) is 5.99. The minimum atomic E-state index is -0.464. The van der Waals surface area contributed by atoms with Crippen molar-refractivity contribution in [3.63, 3.8) is 0 Å². The minimum Gasteiger partial charge on any atom is -0.466 e. The molecule has 0 unspecified atom stereocenters. The Morgan fingerprint density at radius 1 is 1.47 bits per heavy atom. The summed E-state index contributed by atoms with van der Waals surface area (Å²) >= 11 is 0. The van der Waals surface area contributed by atoms with Crippen molar-refractivity contribution >= 4 is 5.97 Å². The fraction of sp³-hybridized carbons (Fsp3) is 0.615. The van der Waals surface area contributed by atoms with Crippen LogP contribution in [0.1, 0.15) is 40.0 Å². The van der Waals surface area contributed by atoms with Crippen LogP contribution in [-0.4, -0.2) is 12.6 Å². The van der Waals surface area contributed by atoms with Crippen LogP contribution in [0.15, 0.2) is 24.8 Å². The zero-order valence-electron chi connectivity index (χ0n) is 10.1. The molecule has 0 amide bonds. The van der Waals surface area contributed by atoms with E-state index in [1.165, 1.54) is 0 Å². The second-order valence-electron chi connectivity index (χ2n) is 4.36. The van der Waals surface area contributed by atoms with Gasteiger partial charge in [-0.2, -0.15) is 0 Å². The molecule has 0 saturated carbocycles. The van der Waals surface area contributed by atoms with Crippen molar-refractivity contribution in [3.8, 4) is 0 Å². The van der Waals surface area contributed by atoms with E-state index in [1.54, 1.807) is 0 Å². The van der Waals surface area contributed by atoms with E-state index in [0.29, 0.717) is 13.0 Å². The Bertz CT molecular complexity index is 239. The second kappa shape index (κ2) is 6.44. The van der Waals surface area contributed by atoms with E-state index in [-0.39, 0.29) is 5.97 Å². The van der Waals surface area contributed by atoms with Crippen molar-refractivity contribution in [1.29, 1.82) is 0 Å². The smallest absolute Gasteiger partial charge is 0.311 e. The van der Waals surface area contributed by atoms with Crippen LogP contribution in [0, 0.1) is 5.41 Å². The molecule has 0 radical (unpaired) electrons. The lowest BCUT2D eigenvalue weighted by molar-refractivity contribution is -0.153. The predicted octanol–water partition coefficient (Wildman–Crippen LogP) is 3.49. The van der Waals surface area contributed by atoms with Gasteiger partial charge >= 0.3 is 5.97 Å². The van der Waals surface area contributed by atoms with Crippen molar-refractivity contribution in [2.24, 2.45) is 5.41 Å². The van der Waals surface area contributed by atoms with E-state index in [4.69, 9.17) is 4.74 Å². The molecule has 2 heteroatoms. The van der Waals surface area contributed by atoms with Crippen LogP contribution in [-0.2, 0) is 9.53 Å². The maximum atomic E-state index is 11.6. The Morgan fingerprint density at radius 3 is 2.53 bits per heavy atom. The summed E-state index contributed by atoms with van der Waals surface area (Å²) in [5.74, 6) is -0.148. The Morgan fingerprint density at radius 2 is 2.07 bits per heavy atom. The first-order chi connectivity index (χ1) is 6.94. The lowest BCUT2D eigenvalue weighted by atomic mass is 9.85. The van der Waals surface area contributed by atoms with Gasteiger partial charge in [-0.1, -0.05) is 18.2 Å². The molecule has 0 aromatic rings. The first kappa shape index (κ1) is 13.9. The summed E-state index contributed by atoms with van der Waals surface area (Å²) in [6.07, 6.45) is 4.35. The highest BCUT2D eigenvalue weighted by molar-refractivity contribution is 5.76. The Hall–Kier alpha value is -1.05. The molecule has 0 bridgehead atoms. The molecular weight excluding hydrogens is 188 g/mol. The number of ether oxygens (including phenoxy) is 1. The summed E-state index contributed by atoms with van der Waals surface area (Å²) in [5, 5.41) is 0. The molecule has 0 aromatic carbocycles. The van der Waals surface area contributed by atoms with Gasteiger partial charge < -0.3 is 4.74 Å². The molecule has 0 aliphatic rings. The fourth-order valence-electron chi connectivity index (χ4n) is 1.42. The molecule has 86 valence electrons. The number of carbonyl (C=O) groups excluding carboxylic acids is 1. The predicted molar refractivity (Wildman–Crippen MR) is 63.6 cm³/mol. The van der Waals surface area contributed by atoms with Crippen molar-refractivity contribution in [2.45, 2.75) is 40.0 Å². The highest BCUT2D eigenvalue weighted by Crippen LogP contribution is 2.28. The van der Waals surface area contributed by atoms with Gasteiger partial charge in [0.25, 0.3) is 0 Å². The van der Waals surface area contributed by atoms with E-state index in [2.05, 4.69) is 13.2 Å². The van der Waals surface area contributed by atoms with Crippen LogP contribution >= 0.6 is 0 Å². The molecule has 0 aliphatic heterocycles. The van der Waals surface area contributed by atoms with Gasteiger partial charge in [-0.05, 0) is 40.0 Å². The maximum absolute atomic E-state index is 11.6. The number of allylic oxidation sites excluding steroid dienone is 2. The maximum Gasteiger partial charge on any atom is 0.311 e. The molecule has 0 saturated heterocycles. The highest BCUT2D eigenvalue weighted by atomic mass is 16.5. The van der Waals surface area contributed by atoms with Gasteiger partial charge in [0.1, 0.15) is 0 Å². The van der Waals surface area contributed by atoms with Gasteiger partial charge in [0.2, 0.25) is 0 Å². The molecule has 0 heterocycles. The first-order valence-corrected chi connectivity index (χ1v) is 5.38. The van der Waals surface area contributed by atoms with Crippen LogP contribution < -0.4 is 0 Å². The zero-order chi connectivity index (χ0) is 11.9. The lowest BCUT2D eigenvalue weighted by Gasteiger charge is -2.23. The Labute approximate surface area is 93.0 Å². The van der Waals surface area contributed by atoms with Crippen molar-refractivity contribution in [1.82, 2.24) is 0 Å². The largest absolute Gasteiger partial charge is 0.466 e. The number of hydrogen-bond acceptors (Lipinski definition) is 2. The average molecular weight is 210 g/mol. The standard InChI is InChI=1S/C13H22O2/c1-6-8-9-11(3)10-13(4,5)12(14)15-7-2/h6H,1,3,7-10H2,2,4-5H3. The van der Waals surface area contributed by atoms with Gasteiger partial charge in [-0.3, -0.25) is 4.79 Å². The van der Waals surface area contributed by atoms with E-state index >= 15 is 0 Å². The normalized spacial score (nSPS) is 10.9. The van der Waals surface area contributed by atoms with Crippen molar-refractivity contribution < 1.29 is 9.53 Å². The molecule has 2 nitrogen and oxygen atoms in total. The monoisotopic (exact) mass is 210 g/mol. The van der Waals surface area contributed by atoms with Gasteiger partial charge in [-0.25, -0.2) is 0 Å². The lowest BCUT2D eigenvalue weighted by Crippen LogP contribution is -2.27. The molecule has 0 spiro atoms. The van der Waals surface area contributed by atoms with Crippen LogP contribution in [0.25, 0.3) is 0 Å². The van der Waals surface area contributed by atoms with E-state index in [9.17, 15) is 4.79 Å². The average Bonchev–Trinajstić information content (AvgIpc) is 2.14. The quantitative estimate of drug-likeness (QED) is 0.475. The molecule has 0 atom stereocenters. The number of carbonyl (C=O) groups is 1. The van der Waals surface area contributed by atoms with Crippen LogP contribution in [0.2, 0.25) is 0 Å². The molecule has 15 heavy (non-hydrogen) atoms. The summed E-state index contributed by atoms with van der Waals surface area (Å²) in [6, 6.07) is 0. The number of esters is 1. The van der Waals surface area contributed by atoms with Crippen molar-refractivity contribution in [3.05, 3.63) is 24.8 Å². The molecule has 0 N–H and O–H groups in total. The summed E-state index contributed by atoms with van der Waals surface area (Å²) in [4.78, 5) is 11.6.